The maximum atomic E-state index is 13.4. The first-order chi connectivity index (χ1) is 14.2. The zero-order valence-electron chi connectivity index (χ0n) is 17.4. The van der Waals surface area contributed by atoms with Crippen LogP contribution in [0.1, 0.15) is 37.5 Å². The summed E-state index contributed by atoms with van der Waals surface area (Å²) < 4.78 is 61.1. The molecule has 2 N–H and O–H groups in total. The molecule has 0 aliphatic rings. The van der Waals surface area contributed by atoms with Crippen molar-refractivity contribution in [2.45, 2.75) is 38.0 Å². The molecule has 0 aliphatic heterocycles. The van der Waals surface area contributed by atoms with Crippen molar-refractivity contribution in [2.75, 3.05) is 6.61 Å². The molecule has 0 heterocycles. The highest BCUT2D eigenvalue weighted by molar-refractivity contribution is 7.87. The molecule has 0 bridgehead atoms. The highest BCUT2D eigenvalue weighted by atomic mass is 32.2. The molecule has 6 nitrogen and oxygen atoms in total. The number of esters is 1. The number of aliphatic hydroxyl groups is 1. The summed E-state index contributed by atoms with van der Waals surface area (Å²) in [6.07, 6.45) is 3.94. The molecular formula is C22H24F2O6S. The second-order valence-electron chi connectivity index (χ2n) is 7.78. The summed E-state index contributed by atoms with van der Waals surface area (Å²) in [7, 11) is -5.95. The van der Waals surface area contributed by atoms with Gasteiger partial charge in [-0.1, -0.05) is 36.9 Å². The highest BCUT2D eigenvalue weighted by Crippen LogP contribution is 2.29. The van der Waals surface area contributed by atoms with Crippen molar-refractivity contribution >= 4 is 38.5 Å². The predicted octanol–water partition coefficient (Wildman–Crippen LogP) is 4.22. The number of alkyl halides is 2. The van der Waals surface area contributed by atoms with Gasteiger partial charge in [-0.2, -0.15) is 17.2 Å². The Bertz CT molecular complexity index is 1140. The van der Waals surface area contributed by atoms with Crippen molar-refractivity contribution in [3.63, 3.8) is 0 Å². The van der Waals surface area contributed by atoms with E-state index in [1.165, 1.54) is 0 Å². The number of carbonyl (C=O) groups excluding carboxylic acids is 1. The first kappa shape index (κ1) is 24.6. The SMILES string of the molecule is C=C(COC(=O)C(F)(F)S(=O)(=O)O)c1cc2cc(CC(C)(C)O)ccc2cc1/C=C\C. The summed E-state index contributed by atoms with van der Waals surface area (Å²) in [6.45, 7) is 8.23. The average Bonchev–Trinajstić information content (AvgIpc) is 2.63. The number of allylic oxidation sites excluding steroid dienone is 1. The van der Waals surface area contributed by atoms with Crippen LogP contribution in [0.5, 0.6) is 0 Å². The van der Waals surface area contributed by atoms with Crippen LogP contribution in [0.4, 0.5) is 8.78 Å². The number of fused-ring (bicyclic) bond motifs is 1. The van der Waals surface area contributed by atoms with Crippen LogP contribution in [-0.2, 0) is 26.1 Å². The van der Waals surface area contributed by atoms with Gasteiger partial charge in [0.15, 0.2) is 0 Å². The van der Waals surface area contributed by atoms with Gasteiger partial charge >= 0.3 is 21.3 Å². The second kappa shape index (κ2) is 8.86. The molecule has 9 heteroatoms. The molecule has 0 amide bonds. The topological polar surface area (TPSA) is 101 Å². The second-order valence-corrected chi connectivity index (χ2v) is 9.24. The Balaban J connectivity index is 2.38. The van der Waals surface area contributed by atoms with E-state index in [1.54, 1.807) is 39.0 Å². The predicted molar refractivity (Wildman–Crippen MR) is 115 cm³/mol. The van der Waals surface area contributed by atoms with Gasteiger partial charge in [0, 0.05) is 6.42 Å². The lowest BCUT2D eigenvalue weighted by Crippen LogP contribution is -2.39. The van der Waals surface area contributed by atoms with E-state index < -0.39 is 33.5 Å². The van der Waals surface area contributed by atoms with E-state index in [4.69, 9.17) is 4.55 Å². The van der Waals surface area contributed by atoms with Crippen LogP contribution in [0.25, 0.3) is 22.4 Å². The largest absolute Gasteiger partial charge is 0.465 e. The van der Waals surface area contributed by atoms with Crippen LogP contribution in [0.15, 0.2) is 43.0 Å². The minimum absolute atomic E-state index is 0.155. The Morgan fingerprint density at radius 2 is 1.84 bits per heavy atom. The van der Waals surface area contributed by atoms with Crippen molar-refractivity contribution in [2.24, 2.45) is 0 Å². The van der Waals surface area contributed by atoms with E-state index in [0.29, 0.717) is 17.5 Å². The molecular weight excluding hydrogens is 430 g/mol. The number of rotatable bonds is 8. The molecule has 31 heavy (non-hydrogen) atoms. The minimum Gasteiger partial charge on any atom is -0.455 e. The van der Waals surface area contributed by atoms with E-state index in [-0.39, 0.29) is 5.57 Å². The maximum Gasteiger partial charge on any atom is 0.465 e. The number of carbonyl (C=O) groups is 1. The smallest absolute Gasteiger partial charge is 0.455 e. The van der Waals surface area contributed by atoms with E-state index >= 15 is 0 Å². The van der Waals surface area contributed by atoms with Crippen LogP contribution >= 0.6 is 0 Å². The quantitative estimate of drug-likeness (QED) is 0.458. The average molecular weight is 454 g/mol. The standard InChI is InChI=1S/C22H24F2O6S/c1-5-6-17-10-16-8-7-15(12-21(3,4)26)9-18(16)11-19(17)14(2)13-30-20(25)22(23,24)31(27,28)29/h5-11,26H,2,12-13H2,1,3-4H3,(H,27,28,29)/b6-5-. The molecule has 0 saturated heterocycles. The van der Waals surface area contributed by atoms with Gasteiger partial charge in [0.1, 0.15) is 6.61 Å². The lowest BCUT2D eigenvalue weighted by molar-refractivity contribution is -0.159. The van der Waals surface area contributed by atoms with Gasteiger partial charge in [-0.25, -0.2) is 4.79 Å². The zero-order chi connectivity index (χ0) is 23.6. The highest BCUT2D eigenvalue weighted by Gasteiger charge is 2.54. The van der Waals surface area contributed by atoms with Gasteiger partial charge in [0.05, 0.1) is 5.60 Å². The summed E-state index contributed by atoms with van der Waals surface area (Å²) in [6, 6.07) is 9.26. The van der Waals surface area contributed by atoms with Crippen molar-refractivity contribution in [3.8, 4) is 0 Å². The first-order valence-electron chi connectivity index (χ1n) is 9.27. The number of hydrogen-bond acceptors (Lipinski definition) is 5. The Labute approximate surface area is 179 Å². The molecule has 0 atom stereocenters. The first-order valence-corrected chi connectivity index (χ1v) is 10.7. The van der Waals surface area contributed by atoms with Gasteiger partial charge < -0.3 is 9.84 Å². The van der Waals surface area contributed by atoms with Crippen LogP contribution in [0, 0.1) is 0 Å². The number of benzene rings is 2. The summed E-state index contributed by atoms with van der Waals surface area (Å²) in [5.74, 6) is -2.39. The van der Waals surface area contributed by atoms with Crippen molar-refractivity contribution in [3.05, 3.63) is 59.7 Å². The molecule has 168 valence electrons. The summed E-state index contributed by atoms with van der Waals surface area (Å²) in [5.41, 5.74) is 1.33. The molecule has 2 aromatic rings. The molecule has 0 aromatic heterocycles. The molecule has 0 unspecified atom stereocenters. The molecule has 2 aromatic carbocycles. The fourth-order valence-electron chi connectivity index (χ4n) is 3.02. The third-order valence-electron chi connectivity index (χ3n) is 4.38. The number of ether oxygens (including phenoxy) is 1. The summed E-state index contributed by atoms with van der Waals surface area (Å²) in [4.78, 5) is 11.5. The Morgan fingerprint density at radius 1 is 1.19 bits per heavy atom. The summed E-state index contributed by atoms with van der Waals surface area (Å²) >= 11 is 0. The molecule has 0 saturated carbocycles. The minimum atomic E-state index is -5.95. The zero-order valence-corrected chi connectivity index (χ0v) is 18.2. The summed E-state index contributed by atoms with van der Waals surface area (Å²) in [5, 5.41) is 6.66. The molecule has 0 radical (unpaired) electrons. The number of halogens is 2. The van der Waals surface area contributed by atoms with Crippen LogP contribution < -0.4 is 0 Å². The lowest BCUT2D eigenvalue weighted by Gasteiger charge is -2.18. The monoisotopic (exact) mass is 454 g/mol. The fourth-order valence-corrected chi connectivity index (χ4v) is 3.29. The van der Waals surface area contributed by atoms with Gasteiger partial charge in [0.25, 0.3) is 0 Å². The fraction of sp³-hybridized carbons (Fsp3) is 0.318. The Morgan fingerprint density at radius 3 is 2.39 bits per heavy atom. The third-order valence-corrected chi connectivity index (χ3v) is 5.19. The Hall–Kier alpha value is -2.62. The molecule has 2 rings (SSSR count). The van der Waals surface area contributed by atoms with E-state index in [2.05, 4.69) is 11.3 Å². The Kier molecular flexibility index (Phi) is 7.04. The maximum absolute atomic E-state index is 13.4. The van der Waals surface area contributed by atoms with Crippen molar-refractivity contribution in [1.82, 2.24) is 0 Å². The van der Waals surface area contributed by atoms with E-state index in [1.807, 2.05) is 24.3 Å². The van der Waals surface area contributed by atoms with Crippen LogP contribution in [0.2, 0.25) is 0 Å². The van der Waals surface area contributed by atoms with E-state index in [0.717, 1.165) is 16.3 Å². The molecule has 0 spiro atoms. The lowest BCUT2D eigenvalue weighted by atomic mass is 9.92. The number of hydrogen-bond donors (Lipinski definition) is 2. The van der Waals surface area contributed by atoms with Gasteiger partial charge in [-0.05, 0) is 65.9 Å². The van der Waals surface area contributed by atoms with Gasteiger partial charge in [0.2, 0.25) is 0 Å². The van der Waals surface area contributed by atoms with Gasteiger partial charge in [-0.15, -0.1) is 0 Å². The third kappa shape index (κ3) is 5.96. The normalized spacial score (nSPS) is 13.0. The molecule has 0 fully saturated rings. The van der Waals surface area contributed by atoms with Crippen molar-refractivity contribution in [1.29, 1.82) is 0 Å². The van der Waals surface area contributed by atoms with Gasteiger partial charge in [-0.3, -0.25) is 4.55 Å². The van der Waals surface area contributed by atoms with E-state index in [9.17, 15) is 27.1 Å². The van der Waals surface area contributed by atoms with Crippen LogP contribution in [-0.4, -0.2) is 41.5 Å². The molecule has 0 aliphatic carbocycles. The van der Waals surface area contributed by atoms with Crippen LogP contribution in [0.3, 0.4) is 0 Å². The van der Waals surface area contributed by atoms with Crippen molar-refractivity contribution < 1.29 is 36.4 Å².